The standard InChI is InChI=1S/C15H13F3N2O2.ClH/c16-15(17,18)11-3-1-2-9(6-11)13-19-8-12-7-10(14(21)22)4-5-20(12)13;/h1-3,6,8,10H,4-5,7H2,(H,21,22);1H. The predicted molar refractivity (Wildman–Crippen MR) is 79.4 cm³/mol. The summed E-state index contributed by atoms with van der Waals surface area (Å²) in [6.45, 7) is 0.442. The van der Waals surface area contributed by atoms with Gasteiger partial charge >= 0.3 is 12.1 Å². The molecule has 1 unspecified atom stereocenters. The molecule has 2 heterocycles. The molecule has 1 aliphatic rings. The molecule has 1 atom stereocenters. The molecule has 0 saturated heterocycles. The quantitative estimate of drug-likeness (QED) is 0.903. The van der Waals surface area contributed by atoms with E-state index < -0.39 is 23.6 Å². The summed E-state index contributed by atoms with van der Waals surface area (Å²) in [7, 11) is 0. The third-order valence-electron chi connectivity index (χ3n) is 3.89. The summed E-state index contributed by atoms with van der Waals surface area (Å²) in [6, 6.07) is 5.01. The number of halogens is 4. The number of rotatable bonds is 2. The number of carbonyl (C=O) groups is 1. The number of aromatic nitrogens is 2. The molecule has 4 nitrogen and oxygen atoms in total. The van der Waals surface area contributed by atoms with E-state index >= 15 is 0 Å². The highest BCUT2D eigenvalue weighted by atomic mass is 35.5. The van der Waals surface area contributed by atoms with Gasteiger partial charge in [-0.1, -0.05) is 12.1 Å². The van der Waals surface area contributed by atoms with Crippen molar-refractivity contribution in [3.63, 3.8) is 0 Å². The second-order valence-corrected chi connectivity index (χ2v) is 5.33. The number of carboxylic acid groups (broad SMARTS) is 1. The Balaban J connectivity index is 0.00000192. The van der Waals surface area contributed by atoms with Crippen LogP contribution in [0.2, 0.25) is 0 Å². The van der Waals surface area contributed by atoms with Gasteiger partial charge in [0.05, 0.1) is 11.5 Å². The maximum Gasteiger partial charge on any atom is 0.416 e. The normalized spacial score (nSPS) is 17.3. The molecule has 0 bridgehead atoms. The molecule has 0 amide bonds. The first-order chi connectivity index (χ1) is 10.4. The van der Waals surface area contributed by atoms with Crippen molar-refractivity contribution in [3.05, 3.63) is 41.7 Å². The fraction of sp³-hybridized carbons (Fsp3) is 0.333. The van der Waals surface area contributed by atoms with Gasteiger partial charge in [0.1, 0.15) is 5.82 Å². The van der Waals surface area contributed by atoms with E-state index in [9.17, 15) is 18.0 Å². The predicted octanol–water partition coefficient (Wildman–Crippen LogP) is 3.64. The van der Waals surface area contributed by atoms with Crippen molar-refractivity contribution >= 4 is 18.4 Å². The highest BCUT2D eigenvalue weighted by molar-refractivity contribution is 5.85. The van der Waals surface area contributed by atoms with Crippen LogP contribution in [0.4, 0.5) is 13.2 Å². The molecular weight excluding hydrogens is 333 g/mol. The molecule has 1 N–H and O–H groups in total. The van der Waals surface area contributed by atoms with Crippen molar-refractivity contribution in [2.24, 2.45) is 5.92 Å². The van der Waals surface area contributed by atoms with Crippen LogP contribution >= 0.6 is 12.4 Å². The van der Waals surface area contributed by atoms with Crippen molar-refractivity contribution in [3.8, 4) is 11.4 Å². The maximum absolute atomic E-state index is 12.8. The lowest BCUT2D eigenvalue weighted by Gasteiger charge is -2.22. The summed E-state index contributed by atoms with van der Waals surface area (Å²) in [5.74, 6) is -0.864. The summed E-state index contributed by atoms with van der Waals surface area (Å²) in [5, 5.41) is 9.06. The first-order valence-electron chi connectivity index (χ1n) is 6.81. The van der Waals surface area contributed by atoms with Crippen LogP contribution in [0.3, 0.4) is 0 Å². The fourth-order valence-electron chi connectivity index (χ4n) is 2.74. The Bertz CT molecular complexity index is 728. The van der Waals surface area contributed by atoms with E-state index in [0.29, 0.717) is 30.8 Å². The number of hydrogen-bond donors (Lipinski definition) is 1. The number of carboxylic acids is 1. The summed E-state index contributed by atoms with van der Waals surface area (Å²) in [4.78, 5) is 15.2. The Morgan fingerprint density at radius 3 is 2.74 bits per heavy atom. The number of aliphatic carboxylic acids is 1. The lowest BCUT2D eigenvalue weighted by Crippen LogP contribution is -2.25. The number of nitrogens with zero attached hydrogens (tertiary/aromatic N) is 2. The zero-order chi connectivity index (χ0) is 15.9. The van der Waals surface area contributed by atoms with Crippen molar-refractivity contribution in [1.29, 1.82) is 0 Å². The number of alkyl halides is 3. The SMILES string of the molecule is Cl.O=C(O)C1CCn2c(cnc2-c2cccc(C(F)(F)F)c2)C1. The van der Waals surface area contributed by atoms with Gasteiger partial charge in [0.2, 0.25) is 0 Å². The second kappa shape index (κ2) is 6.23. The zero-order valence-corrected chi connectivity index (χ0v) is 12.7. The molecule has 124 valence electrons. The molecule has 2 aromatic rings. The molecule has 0 fully saturated rings. The summed E-state index contributed by atoms with van der Waals surface area (Å²) in [5.41, 5.74) is 0.405. The zero-order valence-electron chi connectivity index (χ0n) is 11.9. The van der Waals surface area contributed by atoms with E-state index in [2.05, 4.69) is 4.98 Å². The van der Waals surface area contributed by atoms with Gasteiger partial charge in [-0.15, -0.1) is 12.4 Å². The average Bonchev–Trinajstić information content (AvgIpc) is 2.89. The molecule has 23 heavy (non-hydrogen) atoms. The van der Waals surface area contributed by atoms with Crippen LogP contribution in [0.25, 0.3) is 11.4 Å². The van der Waals surface area contributed by atoms with Gasteiger partial charge < -0.3 is 9.67 Å². The first-order valence-corrected chi connectivity index (χ1v) is 6.81. The van der Waals surface area contributed by atoms with Crippen LogP contribution in [0, 0.1) is 5.92 Å². The minimum Gasteiger partial charge on any atom is -0.481 e. The van der Waals surface area contributed by atoms with Gasteiger partial charge in [0.15, 0.2) is 0 Å². The monoisotopic (exact) mass is 346 g/mol. The van der Waals surface area contributed by atoms with Gasteiger partial charge in [-0.05, 0) is 18.6 Å². The Hall–Kier alpha value is -2.02. The minimum absolute atomic E-state index is 0. The van der Waals surface area contributed by atoms with Crippen molar-refractivity contribution in [1.82, 2.24) is 9.55 Å². The molecule has 0 spiro atoms. The summed E-state index contributed by atoms with van der Waals surface area (Å²) >= 11 is 0. The lowest BCUT2D eigenvalue weighted by molar-refractivity contribution is -0.142. The van der Waals surface area contributed by atoms with Crippen LogP contribution < -0.4 is 0 Å². The van der Waals surface area contributed by atoms with Crippen LogP contribution in [0.5, 0.6) is 0 Å². The fourth-order valence-corrected chi connectivity index (χ4v) is 2.74. The minimum atomic E-state index is -4.40. The van der Waals surface area contributed by atoms with Gasteiger partial charge in [0, 0.05) is 30.4 Å². The Morgan fingerprint density at radius 2 is 2.09 bits per heavy atom. The number of imidazole rings is 1. The molecular formula is C15H14ClF3N2O2. The van der Waals surface area contributed by atoms with E-state index in [1.807, 2.05) is 0 Å². The third-order valence-corrected chi connectivity index (χ3v) is 3.89. The van der Waals surface area contributed by atoms with E-state index in [4.69, 9.17) is 5.11 Å². The van der Waals surface area contributed by atoms with Crippen molar-refractivity contribution in [2.75, 3.05) is 0 Å². The first kappa shape index (κ1) is 17.3. The molecule has 0 radical (unpaired) electrons. The van der Waals surface area contributed by atoms with E-state index in [-0.39, 0.29) is 12.4 Å². The van der Waals surface area contributed by atoms with Crippen LogP contribution in [-0.2, 0) is 23.9 Å². The molecule has 0 saturated carbocycles. The molecule has 1 aromatic heterocycles. The van der Waals surface area contributed by atoms with Gasteiger partial charge in [-0.3, -0.25) is 4.79 Å². The van der Waals surface area contributed by atoms with Crippen LogP contribution in [-0.4, -0.2) is 20.6 Å². The van der Waals surface area contributed by atoms with Gasteiger partial charge in [-0.25, -0.2) is 4.98 Å². The summed E-state index contributed by atoms with van der Waals surface area (Å²) in [6.07, 6.45) is -2.06. The molecule has 3 rings (SSSR count). The highest BCUT2D eigenvalue weighted by Crippen LogP contribution is 2.33. The smallest absolute Gasteiger partial charge is 0.416 e. The molecule has 0 aliphatic carbocycles. The van der Waals surface area contributed by atoms with Crippen LogP contribution in [0.1, 0.15) is 17.7 Å². The van der Waals surface area contributed by atoms with E-state index in [1.54, 1.807) is 16.8 Å². The number of hydrogen-bond acceptors (Lipinski definition) is 2. The van der Waals surface area contributed by atoms with E-state index in [1.165, 1.54) is 6.07 Å². The largest absolute Gasteiger partial charge is 0.481 e. The van der Waals surface area contributed by atoms with Crippen molar-refractivity contribution < 1.29 is 23.1 Å². The Kier molecular flexibility index (Phi) is 4.70. The van der Waals surface area contributed by atoms with Crippen LogP contribution in [0.15, 0.2) is 30.5 Å². The Labute approximate surface area is 136 Å². The Morgan fingerprint density at radius 1 is 1.35 bits per heavy atom. The average molecular weight is 347 g/mol. The third kappa shape index (κ3) is 3.34. The summed E-state index contributed by atoms with van der Waals surface area (Å²) < 4.78 is 40.2. The van der Waals surface area contributed by atoms with E-state index in [0.717, 1.165) is 17.8 Å². The maximum atomic E-state index is 12.8. The number of benzene rings is 1. The van der Waals surface area contributed by atoms with Gasteiger partial charge in [0.25, 0.3) is 0 Å². The molecule has 8 heteroatoms. The molecule has 1 aromatic carbocycles. The topological polar surface area (TPSA) is 55.1 Å². The lowest BCUT2D eigenvalue weighted by atomic mass is 9.96. The molecule has 1 aliphatic heterocycles. The highest BCUT2D eigenvalue weighted by Gasteiger charge is 2.31. The number of fused-ring (bicyclic) bond motifs is 1. The van der Waals surface area contributed by atoms with Gasteiger partial charge in [-0.2, -0.15) is 13.2 Å². The second-order valence-electron chi connectivity index (χ2n) is 5.33. The van der Waals surface area contributed by atoms with Crippen molar-refractivity contribution in [2.45, 2.75) is 25.6 Å².